The van der Waals surface area contributed by atoms with E-state index in [9.17, 15) is 4.79 Å². The van der Waals surface area contributed by atoms with Crippen LogP contribution in [0.4, 0.5) is 0 Å². The molecule has 0 radical (unpaired) electrons. The molecule has 96 valence electrons. The highest BCUT2D eigenvalue weighted by Crippen LogP contribution is 2.32. The lowest BCUT2D eigenvalue weighted by atomic mass is 9.81. The predicted molar refractivity (Wildman–Crippen MR) is 73.1 cm³/mol. The Kier molecular flexibility index (Phi) is 3.11. The van der Waals surface area contributed by atoms with E-state index >= 15 is 0 Å². The van der Waals surface area contributed by atoms with Crippen molar-refractivity contribution >= 4 is 5.91 Å². The van der Waals surface area contributed by atoms with Gasteiger partial charge in [0, 0.05) is 18.0 Å². The summed E-state index contributed by atoms with van der Waals surface area (Å²) in [7, 11) is 0. The van der Waals surface area contributed by atoms with Crippen molar-refractivity contribution in [1.82, 2.24) is 5.32 Å². The van der Waals surface area contributed by atoms with Gasteiger partial charge in [0.05, 0.1) is 0 Å². The molecule has 3 rings (SSSR count). The van der Waals surface area contributed by atoms with Gasteiger partial charge in [-0.25, -0.2) is 0 Å². The molecule has 0 saturated heterocycles. The number of amides is 1. The summed E-state index contributed by atoms with van der Waals surface area (Å²) in [4.78, 5) is 12.0. The zero-order chi connectivity index (χ0) is 12.5. The van der Waals surface area contributed by atoms with E-state index < -0.39 is 0 Å². The maximum absolute atomic E-state index is 12.0. The number of rotatable bonds is 2. The van der Waals surface area contributed by atoms with Crippen LogP contribution in [0.3, 0.4) is 0 Å². The van der Waals surface area contributed by atoms with Gasteiger partial charge in [0.15, 0.2) is 0 Å². The van der Waals surface area contributed by atoms with Crippen molar-refractivity contribution in [2.45, 2.75) is 51.4 Å². The molecular weight excluding hydrogens is 222 g/mol. The van der Waals surface area contributed by atoms with E-state index in [1.165, 1.54) is 48.8 Å². The van der Waals surface area contributed by atoms with Gasteiger partial charge in [-0.05, 0) is 54.9 Å². The van der Waals surface area contributed by atoms with Crippen LogP contribution in [0.1, 0.15) is 65.6 Å². The summed E-state index contributed by atoms with van der Waals surface area (Å²) in [6.45, 7) is 3.03. The van der Waals surface area contributed by atoms with Crippen molar-refractivity contribution < 1.29 is 4.79 Å². The van der Waals surface area contributed by atoms with Crippen molar-refractivity contribution in [3.8, 4) is 0 Å². The van der Waals surface area contributed by atoms with Crippen LogP contribution in [-0.2, 0) is 12.8 Å². The molecular formula is C16H21NO. The number of aryl methyl sites for hydroxylation is 2. The molecule has 1 aliphatic carbocycles. The monoisotopic (exact) mass is 243 g/mol. The van der Waals surface area contributed by atoms with Crippen LogP contribution in [0.15, 0.2) is 12.1 Å². The molecule has 0 fully saturated rings. The van der Waals surface area contributed by atoms with Crippen LogP contribution in [0, 0.1) is 0 Å². The first-order chi connectivity index (χ1) is 8.79. The fourth-order valence-corrected chi connectivity index (χ4v) is 3.37. The second-order valence-electron chi connectivity index (χ2n) is 5.61. The Morgan fingerprint density at radius 3 is 2.67 bits per heavy atom. The minimum atomic E-state index is 0.130. The molecule has 18 heavy (non-hydrogen) atoms. The molecule has 0 aromatic heterocycles. The normalized spacial score (nSPS) is 22.1. The van der Waals surface area contributed by atoms with Gasteiger partial charge in [0.1, 0.15) is 0 Å². The Morgan fingerprint density at radius 2 is 1.94 bits per heavy atom. The molecule has 1 amide bonds. The lowest BCUT2D eigenvalue weighted by molar-refractivity contribution is 0.0939. The van der Waals surface area contributed by atoms with E-state index in [0.29, 0.717) is 5.92 Å². The Labute approximate surface area is 109 Å². The smallest absolute Gasteiger partial charge is 0.251 e. The summed E-state index contributed by atoms with van der Waals surface area (Å²) in [5, 5.41) is 3.04. The van der Waals surface area contributed by atoms with E-state index in [1.54, 1.807) is 0 Å². The number of hydrogen-bond donors (Lipinski definition) is 1. The number of benzene rings is 1. The zero-order valence-electron chi connectivity index (χ0n) is 11.1. The number of fused-ring (bicyclic) bond motifs is 2. The van der Waals surface area contributed by atoms with E-state index in [1.807, 2.05) is 0 Å². The number of hydrogen-bond acceptors (Lipinski definition) is 1. The molecule has 0 saturated carbocycles. The lowest BCUT2D eigenvalue weighted by Gasteiger charge is -2.28. The summed E-state index contributed by atoms with van der Waals surface area (Å²) < 4.78 is 0. The molecule has 2 nitrogen and oxygen atoms in total. The molecule has 0 spiro atoms. The first-order valence-electron chi connectivity index (χ1n) is 7.23. The van der Waals surface area contributed by atoms with Crippen molar-refractivity contribution in [3.63, 3.8) is 0 Å². The van der Waals surface area contributed by atoms with Crippen LogP contribution in [0.25, 0.3) is 0 Å². The molecule has 1 atom stereocenters. The highest BCUT2D eigenvalue weighted by atomic mass is 16.1. The average molecular weight is 243 g/mol. The fourth-order valence-electron chi connectivity index (χ4n) is 3.37. The minimum absolute atomic E-state index is 0.130. The Balaban J connectivity index is 2.05. The summed E-state index contributed by atoms with van der Waals surface area (Å²) in [6, 6.07) is 4.50. The molecule has 1 unspecified atom stereocenters. The fraction of sp³-hybridized carbons (Fsp3) is 0.562. The van der Waals surface area contributed by atoms with Crippen LogP contribution in [0.5, 0.6) is 0 Å². The third kappa shape index (κ3) is 1.94. The first-order valence-corrected chi connectivity index (χ1v) is 7.23. The van der Waals surface area contributed by atoms with Crippen molar-refractivity contribution in [3.05, 3.63) is 34.4 Å². The molecule has 0 bridgehead atoms. The predicted octanol–water partition coefficient (Wildman–Crippen LogP) is 3.19. The topological polar surface area (TPSA) is 29.1 Å². The molecule has 1 aromatic carbocycles. The standard InChI is InChI=1S/C16H21NO/c1-2-5-13-10-17-16(18)15-9-12-7-4-3-6-11(12)8-14(13)15/h8-9,13H,2-7,10H2,1H3,(H,17,18). The summed E-state index contributed by atoms with van der Waals surface area (Å²) in [5.41, 5.74) is 5.16. The van der Waals surface area contributed by atoms with Crippen LogP contribution in [-0.4, -0.2) is 12.5 Å². The van der Waals surface area contributed by atoms with Gasteiger partial charge in [-0.3, -0.25) is 4.79 Å². The number of carbonyl (C=O) groups excluding carboxylic acids is 1. The van der Waals surface area contributed by atoms with Crippen molar-refractivity contribution in [1.29, 1.82) is 0 Å². The van der Waals surface area contributed by atoms with Gasteiger partial charge in [0.25, 0.3) is 5.91 Å². The zero-order valence-corrected chi connectivity index (χ0v) is 11.1. The Bertz CT molecular complexity index is 478. The highest BCUT2D eigenvalue weighted by molar-refractivity contribution is 5.97. The highest BCUT2D eigenvalue weighted by Gasteiger charge is 2.26. The van der Waals surface area contributed by atoms with Gasteiger partial charge in [0.2, 0.25) is 0 Å². The minimum Gasteiger partial charge on any atom is -0.351 e. The molecule has 1 N–H and O–H groups in total. The van der Waals surface area contributed by atoms with Crippen LogP contribution < -0.4 is 5.32 Å². The first kappa shape index (κ1) is 11.8. The maximum Gasteiger partial charge on any atom is 0.251 e. The molecule has 2 heteroatoms. The van der Waals surface area contributed by atoms with Crippen LogP contribution >= 0.6 is 0 Å². The van der Waals surface area contributed by atoms with Crippen molar-refractivity contribution in [2.75, 3.05) is 6.54 Å². The van der Waals surface area contributed by atoms with Crippen LogP contribution in [0.2, 0.25) is 0 Å². The Hall–Kier alpha value is -1.31. The SMILES string of the molecule is CCCC1CNC(=O)c2cc3c(cc21)CCCC3. The number of carbonyl (C=O) groups is 1. The second kappa shape index (κ2) is 4.75. The van der Waals surface area contributed by atoms with E-state index in [2.05, 4.69) is 24.4 Å². The Morgan fingerprint density at radius 1 is 1.22 bits per heavy atom. The summed E-state index contributed by atoms with van der Waals surface area (Å²) in [5.74, 6) is 0.653. The van der Waals surface area contributed by atoms with Gasteiger partial charge >= 0.3 is 0 Å². The largest absolute Gasteiger partial charge is 0.351 e. The van der Waals surface area contributed by atoms with Crippen molar-refractivity contribution in [2.24, 2.45) is 0 Å². The summed E-state index contributed by atoms with van der Waals surface area (Å²) >= 11 is 0. The summed E-state index contributed by atoms with van der Waals surface area (Å²) in [6.07, 6.45) is 7.27. The van der Waals surface area contributed by atoms with Gasteiger partial charge in [-0.2, -0.15) is 0 Å². The van der Waals surface area contributed by atoms with Gasteiger partial charge in [-0.1, -0.05) is 19.4 Å². The second-order valence-corrected chi connectivity index (χ2v) is 5.61. The molecule has 2 aliphatic rings. The average Bonchev–Trinajstić information content (AvgIpc) is 2.41. The van der Waals surface area contributed by atoms with E-state index in [0.717, 1.165) is 18.5 Å². The maximum atomic E-state index is 12.0. The van der Waals surface area contributed by atoms with E-state index in [-0.39, 0.29) is 5.91 Å². The van der Waals surface area contributed by atoms with Gasteiger partial charge in [-0.15, -0.1) is 0 Å². The van der Waals surface area contributed by atoms with Gasteiger partial charge < -0.3 is 5.32 Å². The third-order valence-electron chi connectivity index (χ3n) is 4.34. The quantitative estimate of drug-likeness (QED) is 0.849. The van der Waals surface area contributed by atoms with E-state index in [4.69, 9.17) is 0 Å². The number of nitrogens with one attached hydrogen (secondary N) is 1. The molecule has 1 heterocycles. The molecule has 1 aliphatic heterocycles. The molecule has 1 aromatic rings. The third-order valence-corrected chi connectivity index (χ3v) is 4.34. The lowest BCUT2D eigenvalue weighted by Crippen LogP contribution is -2.35.